The van der Waals surface area contributed by atoms with Crippen LogP contribution < -0.4 is 0 Å². The monoisotopic (exact) mass is 210 g/mol. The van der Waals surface area contributed by atoms with Gasteiger partial charge in [0.25, 0.3) is 5.91 Å². The van der Waals surface area contributed by atoms with Crippen molar-refractivity contribution in [3.63, 3.8) is 0 Å². The Hall–Kier alpha value is -1.36. The van der Waals surface area contributed by atoms with Crippen LogP contribution in [0.3, 0.4) is 0 Å². The molecule has 82 valence electrons. The average molecular weight is 210 g/mol. The van der Waals surface area contributed by atoms with Crippen molar-refractivity contribution in [2.45, 2.75) is 19.4 Å². The summed E-state index contributed by atoms with van der Waals surface area (Å²) in [7, 11) is 0. The summed E-state index contributed by atoms with van der Waals surface area (Å²) in [4.78, 5) is 13.6. The van der Waals surface area contributed by atoms with E-state index in [1.165, 1.54) is 6.26 Å². The van der Waals surface area contributed by atoms with Crippen LogP contribution in [0.15, 0.2) is 16.9 Å². The number of hydrogen-bond acceptors (Lipinski definition) is 4. The van der Waals surface area contributed by atoms with E-state index >= 15 is 0 Å². The maximum Gasteiger partial charge on any atom is 0.276 e. The summed E-state index contributed by atoms with van der Waals surface area (Å²) in [5.41, 5.74) is 0.308. The van der Waals surface area contributed by atoms with Gasteiger partial charge in [0.15, 0.2) is 5.69 Å². The van der Waals surface area contributed by atoms with Crippen LogP contribution in [-0.4, -0.2) is 40.3 Å². The molecule has 5 nitrogen and oxygen atoms in total. The topological polar surface area (TPSA) is 66.6 Å². The van der Waals surface area contributed by atoms with Gasteiger partial charge in [-0.15, -0.1) is 0 Å². The first kappa shape index (κ1) is 10.2. The molecule has 0 bridgehead atoms. The molecule has 1 saturated heterocycles. The van der Waals surface area contributed by atoms with E-state index in [0.29, 0.717) is 18.2 Å². The number of aromatic nitrogens is 1. The van der Waals surface area contributed by atoms with Gasteiger partial charge in [-0.25, -0.2) is 0 Å². The maximum absolute atomic E-state index is 11.9. The van der Waals surface area contributed by atoms with Crippen molar-refractivity contribution < 1.29 is 14.4 Å². The minimum atomic E-state index is -0.160. The van der Waals surface area contributed by atoms with Crippen LogP contribution >= 0.6 is 0 Å². The second-order valence-electron chi connectivity index (χ2n) is 3.90. The van der Waals surface area contributed by atoms with Gasteiger partial charge in [-0.05, 0) is 12.3 Å². The Morgan fingerprint density at radius 3 is 3.20 bits per heavy atom. The molecule has 2 rings (SSSR count). The summed E-state index contributed by atoms with van der Waals surface area (Å²) >= 11 is 0. The molecule has 1 aromatic rings. The van der Waals surface area contributed by atoms with Gasteiger partial charge < -0.3 is 14.5 Å². The summed E-state index contributed by atoms with van der Waals surface area (Å²) in [6.45, 7) is 2.72. The Morgan fingerprint density at radius 1 is 1.80 bits per heavy atom. The lowest BCUT2D eigenvalue weighted by Gasteiger charge is -2.24. The fourth-order valence-electron chi connectivity index (χ4n) is 2.01. The summed E-state index contributed by atoms with van der Waals surface area (Å²) in [5, 5.41) is 12.8. The second-order valence-corrected chi connectivity index (χ2v) is 3.90. The number of nitrogens with zero attached hydrogens (tertiary/aromatic N) is 2. The summed E-state index contributed by atoms with van der Waals surface area (Å²) < 4.78 is 4.63. The lowest BCUT2D eigenvalue weighted by atomic mass is 10.0. The third kappa shape index (κ3) is 1.74. The number of hydrogen-bond donors (Lipinski definition) is 1. The highest BCUT2D eigenvalue weighted by molar-refractivity contribution is 5.92. The smallest absolute Gasteiger partial charge is 0.276 e. The van der Waals surface area contributed by atoms with Gasteiger partial charge in [-0.1, -0.05) is 12.1 Å². The fourth-order valence-corrected chi connectivity index (χ4v) is 2.01. The van der Waals surface area contributed by atoms with Gasteiger partial charge in [0.2, 0.25) is 0 Å². The molecule has 15 heavy (non-hydrogen) atoms. The number of aliphatic hydroxyl groups is 1. The molecule has 1 amide bonds. The van der Waals surface area contributed by atoms with E-state index in [1.807, 2.05) is 6.92 Å². The van der Waals surface area contributed by atoms with Crippen LogP contribution in [0.25, 0.3) is 0 Å². The Labute approximate surface area is 87.7 Å². The summed E-state index contributed by atoms with van der Waals surface area (Å²) in [5.74, 6) is 0.179. The zero-order valence-electron chi connectivity index (χ0n) is 8.59. The standard InChI is InChI=1S/C10H14N2O3/c1-7-2-4-12(9(7)6-13)10(14)8-3-5-15-11-8/h3,5,7,9,13H,2,4,6H2,1H3. The fraction of sp³-hybridized carbons (Fsp3) is 0.600. The van der Waals surface area contributed by atoms with Gasteiger partial charge >= 0.3 is 0 Å². The summed E-state index contributed by atoms with van der Waals surface area (Å²) in [6.07, 6.45) is 2.30. The normalized spacial score (nSPS) is 25.9. The summed E-state index contributed by atoms with van der Waals surface area (Å²) in [6, 6.07) is 1.45. The first-order valence-electron chi connectivity index (χ1n) is 5.06. The van der Waals surface area contributed by atoms with E-state index in [0.717, 1.165) is 6.42 Å². The van der Waals surface area contributed by atoms with Gasteiger partial charge in [0.05, 0.1) is 12.6 Å². The van der Waals surface area contributed by atoms with Crippen molar-refractivity contribution in [1.82, 2.24) is 10.1 Å². The molecule has 0 radical (unpaired) electrons. The van der Waals surface area contributed by atoms with Crippen LogP contribution in [0.4, 0.5) is 0 Å². The lowest BCUT2D eigenvalue weighted by molar-refractivity contribution is 0.0638. The van der Waals surface area contributed by atoms with E-state index in [1.54, 1.807) is 11.0 Å². The third-order valence-corrected chi connectivity index (χ3v) is 2.99. The molecular weight excluding hydrogens is 196 g/mol. The molecule has 5 heteroatoms. The molecule has 0 spiro atoms. The minimum Gasteiger partial charge on any atom is -0.394 e. The maximum atomic E-state index is 11.9. The average Bonchev–Trinajstić information content (AvgIpc) is 2.85. The predicted molar refractivity (Wildman–Crippen MR) is 52.2 cm³/mol. The molecule has 2 atom stereocenters. The largest absolute Gasteiger partial charge is 0.394 e. The number of amides is 1. The third-order valence-electron chi connectivity index (χ3n) is 2.99. The highest BCUT2D eigenvalue weighted by Gasteiger charge is 2.35. The molecule has 0 aliphatic carbocycles. The molecule has 1 N–H and O–H groups in total. The first-order valence-corrected chi connectivity index (χ1v) is 5.06. The highest BCUT2D eigenvalue weighted by Crippen LogP contribution is 2.24. The highest BCUT2D eigenvalue weighted by atomic mass is 16.5. The molecule has 1 aromatic heterocycles. The van der Waals surface area contributed by atoms with Crippen LogP contribution in [0, 0.1) is 5.92 Å². The van der Waals surface area contributed by atoms with E-state index < -0.39 is 0 Å². The molecule has 0 aromatic carbocycles. The number of carbonyl (C=O) groups excluding carboxylic acids is 1. The number of likely N-dealkylation sites (tertiary alicyclic amines) is 1. The molecule has 1 fully saturated rings. The minimum absolute atomic E-state index is 0.00472. The predicted octanol–water partition coefficient (Wildman–Crippen LogP) is 0.518. The van der Waals surface area contributed by atoms with E-state index in [-0.39, 0.29) is 18.6 Å². The molecule has 2 unspecified atom stereocenters. The lowest BCUT2D eigenvalue weighted by Crippen LogP contribution is -2.39. The van der Waals surface area contributed by atoms with Crippen molar-refractivity contribution in [3.05, 3.63) is 18.0 Å². The molecule has 2 heterocycles. The van der Waals surface area contributed by atoms with Crippen LogP contribution in [-0.2, 0) is 0 Å². The van der Waals surface area contributed by atoms with Gasteiger partial charge in [-0.3, -0.25) is 4.79 Å². The number of rotatable bonds is 2. The molecule has 1 aliphatic rings. The van der Waals surface area contributed by atoms with Crippen LogP contribution in [0.1, 0.15) is 23.8 Å². The Kier molecular flexibility index (Phi) is 2.73. The van der Waals surface area contributed by atoms with Crippen molar-refractivity contribution in [2.24, 2.45) is 5.92 Å². The Balaban J connectivity index is 2.14. The van der Waals surface area contributed by atoms with E-state index in [9.17, 15) is 9.90 Å². The molecular formula is C10H14N2O3. The van der Waals surface area contributed by atoms with E-state index in [2.05, 4.69) is 9.68 Å². The van der Waals surface area contributed by atoms with Gasteiger partial charge in [-0.2, -0.15) is 0 Å². The van der Waals surface area contributed by atoms with Crippen LogP contribution in [0.2, 0.25) is 0 Å². The van der Waals surface area contributed by atoms with Crippen LogP contribution in [0.5, 0.6) is 0 Å². The zero-order valence-corrected chi connectivity index (χ0v) is 8.59. The van der Waals surface area contributed by atoms with Crippen molar-refractivity contribution in [2.75, 3.05) is 13.2 Å². The van der Waals surface area contributed by atoms with Crippen molar-refractivity contribution in [1.29, 1.82) is 0 Å². The number of carbonyl (C=O) groups is 1. The zero-order chi connectivity index (χ0) is 10.8. The molecule has 1 aliphatic heterocycles. The Morgan fingerprint density at radius 2 is 2.60 bits per heavy atom. The quantitative estimate of drug-likeness (QED) is 0.772. The molecule has 0 saturated carbocycles. The SMILES string of the molecule is CC1CCN(C(=O)c2ccon2)C1CO. The first-order chi connectivity index (χ1) is 7.24. The number of aliphatic hydroxyl groups excluding tert-OH is 1. The van der Waals surface area contributed by atoms with E-state index in [4.69, 9.17) is 0 Å². The van der Waals surface area contributed by atoms with Crippen molar-refractivity contribution in [3.8, 4) is 0 Å². The second kappa shape index (κ2) is 4.02. The van der Waals surface area contributed by atoms with Crippen molar-refractivity contribution >= 4 is 5.91 Å². The Bertz CT molecular complexity index is 336. The van der Waals surface area contributed by atoms with Gasteiger partial charge in [0, 0.05) is 12.6 Å². The van der Waals surface area contributed by atoms with Gasteiger partial charge in [0.1, 0.15) is 6.26 Å².